The minimum atomic E-state index is -0.395. The first-order chi connectivity index (χ1) is 11.4. The van der Waals surface area contributed by atoms with Crippen molar-refractivity contribution in [3.05, 3.63) is 34.6 Å². The quantitative estimate of drug-likeness (QED) is 0.240. The van der Waals surface area contributed by atoms with E-state index >= 15 is 0 Å². The second-order valence-electron chi connectivity index (χ2n) is 5.08. The van der Waals surface area contributed by atoms with Gasteiger partial charge in [0.15, 0.2) is 5.11 Å². The number of hydrogen-bond acceptors (Lipinski definition) is 4. The number of rotatable bonds is 8. The van der Waals surface area contributed by atoms with E-state index in [9.17, 15) is 9.18 Å². The molecular weight excluding hydrogens is 353 g/mol. The number of thiocarbonyl (C=S) groups is 1. The third kappa shape index (κ3) is 7.70. The number of nitrogens with zero attached hydrogens (tertiary/aromatic N) is 1. The van der Waals surface area contributed by atoms with Crippen LogP contribution in [-0.2, 0) is 9.53 Å². The molecule has 0 saturated heterocycles. The van der Waals surface area contributed by atoms with Crippen LogP contribution in [0, 0.1) is 5.82 Å². The third-order valence-electron chi connectivity index (χ3n) is 3.22. The first-order valence-corrected chi connectivity index (χ1v) is 8.33. The van der Waals surface area contributed by atoms with E-state index in [0.29, 0.717) is 34.4 Å². The summed E-state index contributed by atoms with van der Waals surface area (Å²) in [4.78, 5) is 10.9. The first-order valence-electron chi connectivity index (χ1n) is 7.54. The van der Waals surface area contributed by atoms with Crippen LogP contribution in [0.1, 0.15) is 38.2 Å². The molecule has 0 spiro atoms. The van der Waals surface area contributed by atoms with E-state index in [1.165, 1.54) is 19.2 Å². The molecule has 0 atom stereocenters. The van der Waals surface area contributed by atoms with Gasteiger partial charge in [0.2, 0.25) is 0 Å². The second kappa shape index (κ2) is 10.9. The van der Waals surface area contributed by atoms with Crippen LogP contribution in [0.3, 0.4) is 0 Å². The molecule has 0 amide bonds. The Morgan fingerprint density at radius 3 is 2.79 bits per heavy atom. The van der Waals surface area contributed by atoms with Crippen molar-refractivity contribution in [1.82, 2.24) is 10.7 Å². The minimum absolute atomic E-state index is 0.190. The maximum atomic E-state index is 13.0. The van der Waals surface area contributed by atoms with Gasteiger partial charge in [-0.2, -0.15) is 5.10 Å². The van der Waals surface area contributed by atoms with Crippen molar-refractivity contribution >= 4 is 40.6 Å². The SMILES string of the molecule is COC(=O)CCCCCNC(=S)N/N=C(/C)c1ccc(F)cc1Cl. The molecule has 0 unspecified atom stereocenters. The Morgan fingerprint density at radius 1 is 1.38 bits per heavy atom. The molecule has 0 aliphatic carbocycles. The van der Waals surface area contributed by atoms with Gasteiger partial charge in [0.05, 0.1) is 17.8 Å². The van der Waals surface area contributed by atoms with Crippen molar-refractivity contribution < 1.29 is 13.9 Å². The Morgan fingerprint density at radius 2 is 2.12 bits per heavy atom. The molecule has 0 aliphatic heterocycles. The summed E-state index contributed by atoms with van der Waals surface area (Å²) in [6.45, 7) is 2.43. The number of ether oxygens (including phenoxy) is 1. The van der Waals surface area contributed by atoms with E-state index in [0.717, 1.165) is 19.3 Å². The van der Waals surface area contributed by atoms with Gasteiger partial charge in [0, 0.05) is 18.5 Å². The van der Waals surface area contributed by atoms with E-state index in [4.69, 9.17) is 23.8 Å². The number of methoxy groups -OCH3 is 1. The van der Waals surface area contributed by atoms with E-state index in [2.05, 4.69) is 20.6 Å². The fraction of sp³-hybridized carbons (Fsp3) is 0.438. The molecule has 0 radical (unpaired) electrons. The molecule has 2 N–H and O–H groups in total. The maximum absolute atomic E-state index is 13.0. The van der Waals surface area contributed by atoms with Crippen molar-refractivity contribution in [2.24, 2.45) is 5.10 Å². The maximum Gasteiger partial charge on any atom is 0.305 e. The number of unbranched alkanes of at least 4 members (excludes halogenated alkanes) is 2. The van der Waals surface area contributed by atoms with Gasteiger partial charge in [-0.25, -0.2) is 4.39 Å². The minimum Gasteiger partial charge on any atom is -0.469 e. The lowest BCUT2D eigenvalue weighted by Gasteiger charge is -2.08. The van der Waals surface area contributed by atoms with Gasteiger partial charge >= 0.3 is 5.97 Å². The van der Waals surface area contributed by atoms with Crippen LogP contribution in [0.2, 0.25) is 5.02 Å². The first kappa shape index (κ1) is 20.3. The zero-order valence-electron chi connectivity index (χ0n) is 13.7. The fourth-order valence-corrected chi connectivity index (χ4v) is 2.34. The molecule has 0 saturated carbocycles. The Balaban J connectivity index is 2.28. The molecule has 5 nitrogen and oxygen atoms in total. The van der Waals surface area contributed by atoms with E-state index < -0.39 is 5.82 Å². The molecule has 24 heavy (non-hydrogen) atoms. The molecule has 8 heteroatoms. The van der Waals surface area contributed by atoms with Crippen molar-refractivity contribution in [3.8, 4) is 0 Å². The third-order valence-corrected chi connectivity index (χ3v) is 3.77. The number of nitrogens with one attached hydrogen (secondary N) is 2. The molecule has 1 rings (SSSR count). The molecule has 0 fully saturated rings. The fourth-order valence-electron chi connectivity index (χ4n) is 1.89. The van der Waals surface area contributed by atoms with E-state index in [1.807, 2.05) is 0 Å². The van der Waals surface area contributed by atoms with Crippen molar-refractivity contribution in [3.63, 3.8) is 0 Å². The lowest BCUT2D eigenvalue weighted by atomic mass is 10.1. The normalized spacial score (nSPS) is 11.1. The summed E-state index contributed by atoms with van der Waals surface area (Å²) in [7, 11) is 1.38. The van der Waals surface area contributed by atoms with Gasteiger partial charge in [-0.05, 0) is 50.2 Å². The van der Waals surface area contributed by atoms with Crippen LogP contribution in [0.15, 0.2) is 23.3 Å². The molecule has 0 heterocycles. The highest BCUT2D eigenvalue weighted by Crippen LogP contribution is 2.17. The number of hydrogen-bond donors (Lipinski definition) is 2. The van der Waals surface area contributed by atoms with Crippen molar-refractivity contribution in [1.29, 1.82) is 0 Å². The Hall–Kier alpha value is -1.73. The standard InChI is InChI=1S/C16H21ClFN3O2S/c1-11(13-8-7-12(18)10-14(13)17)20-21-16(24)19-9-5-3-4-6-15(22)23-2/h7-8,10H,3-6,9H2,1-2H3,(H2,19,21,24)/b20-11-. The molecule has 0 bridgehead atoms. The summed E-state index contributed by atoms with van der Waals surface area (Å²) >= 11 is 11.1. The molecule has 132 valence electrons. The molecule has 1 aromatic rings. The van der Waals surface area contributed by atoms with Gasteiger partial charge in [-0.15, -0.1) is 0 Å². The average Bonchev–Trinajstić information content (AvgIpc) is 2.55. The smallest absolute Gasteiger partial charge is 0.305 e. The van der Waals surface area contributed by atoms with Gasteiger partial charge < -0.3 is 10.1 Å². The Bertz CT molecular complexity index is 611. The van der Waals surface area contributed by atoms with E-state index in [-0.39, 0.29) is 5.97 Å². The van der Waals surface area contributed by atoms with Gasteiger partial charge in [-0.3, -0.25) is 10.2 Å². The van der Waals surface area contributed by atoms with Crippen molar-refractivity contribution in [2.75, 3.05) is 13.7 Å². The van der Waals surface area contributed by atoms with Crippen LogP contribution in [0.25, 0.3) is 0 Å². The summed E-state index contributed by atoms with van der Waals surface area (Å²) in [6, 6.07) is 4.13. The van der Waals surface area contributed by atoms with Crippen LogP contribution in [0.4, 0.5) is 4.39 Å². The van der Waals surface area contributed by atoms with Crippen LogP contribution in [0.5, 0.6) is 0 Å². The Labute approximate surface area is 151 Å². The highest BCUT2D eigenvalue weighted by Gasteiger charge is 2.05. The number of carbonyl (C=O) groups excluding carboxylic acids is 1. The van der Waals surface area contributed by atoms with Gasteiger partial charge in [0.1, 0.15) is 5.82 Å². The molecule has 1 aromatic carbocycles. The topological polar surface area (TPSA) is 62.7 Å². The van der Waals surface area contributed by atoms with Crippen LogP contribution >= 0.6 is 23.8 Å². The number of carbonyl (C=O) groups is 1. The largest absolute Gasteiger partial charge is 0.469 e. The van der Waals surface area contributed by atoms with Crippen LogP contribution in [-0.4, -0.2) is 30.4 Å². The summed E-state index contributed by atoms with van der Waals surface area (Å²) < 4.78 is 17.6. The summed E-state index contributed by atoms with van der Waals surface area (Å²) in [6.07, 6.45) is 3.00. The molecular formula is C16H21ClFN3O2S. The second-order valence-corrected chi connectivity index (χ2v) is 5.89. The number of hydrazone groups is 1. The zero-order valence-corrected chi connectivity index (χ0v) is 15.3. The number of halogens is 2. The predicted octanol–water partition coefficient (Wildman–Crippen LogP) is 3.40. The molecule has 0 aromatic heterocycles. The Kier molecular flexibility index (Phi) is 9.26. The summed E-state index contributed by atoms with van der Waals surface area (Å²) in [5.74, 6) is -0.585. The lowest BCUT2D eigenvalue weighted by molar-refractivity contribution is -0.140. The number of benzene rings is 1. The summed E-state index contributed by atoms with van der Waals surface area (Å²) in [5, 5.41) is 7.83. The van der Waals surface area contributed by atoms with Crippen molar-refractivity contribution in [2.45, 2.75) is 32.6 Å². The van der Waals surface area contributed by atoms with E-state index in [1.54, 1.807) is 13.0 Å². The predicted molar refractivity (Wildman–Crippen MR) is 97.8 cm³/mol. The monoisotopic (exact) mass is 373 g/mol. The number of esters is 1. The molecule has 0 aliphatic rings. The highest BCUT2D eigenvalue weighted by molar-refractivity contribution is 7.80. The summed E-state index contributed by atoms with van der Waals surface area (Å²) in [5.41, 5.74) is 3.96. The van der Waals surface area contributed by atoms with Gasteiger partial charge in [0.25, 0.3) is 0 Å². The lowest BCUT2D eigenvalue weighted by Crippen LogP contribution is -2.33. The van der Waals surface area contributed by atoms with Gasteiger partial charge in [-0.1, -0.05) is 18.0 Å². The van der Waals surface area contributed by atoms with Crippen LogP contribution < -0.4 is 10.7 Å². The highest BCUT2D eigenvalue weighted by atomic mass is 35.5. The average molecular weight is 374 g/mol. The zero-order chi connectivity index (χ0) is 17.9.